The Morgan fingerprint density at radius 3 is 1.24 bits per heavy atom. The molecular weight excluding hydrogens is 1030 g/mol. The van der Waals surface area contributed by atoms with E-state index in [-0.39, 0.29) is 10.8 Å². The summed E-state index contributed by atoms with van der Waals surface area (Å²) in [6, 6.07) is 94.8. The standard InChI is InChI=1S/C81H60N2O2/c1-79(2,3)68-33-17-28-59-61-30-19-35-72(77(61)84-75(59)68)82(54-22-9-7-10-23-54)56-40-37-50-45-64-65-46-51-38-41-57(83(55-24-11-8-12-25-55)73-36-20-31-62-60-29-18-34-69(80(4,5)6)76(60)85-78(62)73)44-53(51)48-71(65)81(70(64)47-52(50)43-56)66-32-16-15-27-63(66)74-58-26-14-13-21-49(58)39-42-67(74)81/h7-48H,1-6H3. The van der Waals surface area contributed by atoms with Gasteiger partial charge in [-0.05, 0) is 173 Å². The van der Waals surface area contributed by atoms with Gasteiger partial charge in [-0.2, -0.15) is 0 Å². The van der Waals surface area contributed by atoms with Crippen molar-refractivity contribution in [1.29, 1.82) is 0 Å². The largest absolute Gasteiger partial charge is 0.454 e. The van der Waals surface area contributed by atoms with Crippen LogP contribution in [0.1, 0.15) is 74.9 Å². The fourth-order valence-electron chi connectivity index (χ4n) is 14.8. The van der Waals surface area contributed by atoms with Crippen LogP contribution in [-0.2, 0) is 16.2 Å². The van der Waals surface area contributed by atoms with Crippen LogP contribution in [0.2, 0.25) is 0 Å². The van der Waals surface area contributed by atoms with E-state index in [1.807, 2.05) is 0 Å². The van der Waals surface area contributed by atoms with Gasteiger partial charge < -0.3 is 18.6 Å². The number of fused-ring (bicyclic) bond motifs is 20. The fourth-order valence-corrected chi connectivity index (χ4v) is 14.8. The quantitative estimate of drug-likeness (QED) is 0.166. The molecule has 0 aliphatic heterocycles. The Morgan fingerprint density at radius 2 is 0.718 bits per heavy atom. The van der Waals surface area contributed by atoms with Crippen LogP contribution in [-0.4, -0.2) is 0 Å². The second kappa shape index (κ2) is 17.9. The molecule has 0 saturated heterocycles. The number of anilines is 6. The van der Waals surface area contributed by atoms with E-state index in [0.29, 0.717) is 0 Å². The molecule has 85 heavy (non-hydrogen) atoms. The van der Waals surface area contributed by atoms with Crippen LogP contribution in [0.3, 0.4) is 0 Å². The molecule has 15 aromatic rings. The summed E-state index contributed by atoms with van der Waals surface area (Å²) >= 11 is 0. The molecule has 0 N–H and O–H groups in total. The molecular formula is C81H60N2O2. The van der Waals surface area contributed by atoms with Gasteiger partial charge in [0.1, 0.15) is 11.2 Å². The van der Waals surface area contributed by atoms with Crippen molar-refractivity contribution in [2.24, 2.45) is 0 Å². The van der Waals surface area contributed by atoms with Gasteiger partial charge in [0, 0.05) is 55.4 Å². The highest BCUT2D eigenvalue weighted by Gasteiger charge is 2.52. The van der Waals surface area contributed by atoms with E-state index >= 15 is 0 Å². The second-order valence-electron chi connectivity index (χ2n) is 25.6. The summed E-state index contributed by atoms with van der Waals surface area (Å²) in [5.74, 6) is 0. The zero-order chi connectivity index (χ0) is 57.1. The van der Waals surface area contributed by atoms with E-state index in [1.54, 1.807) is 0 Å². The van der Waals surface area contributed by atoms with Crippen molar-refractivity contribution >= 4 is 110 Å². The van der Waals surface area contributed by atoms with Gasteiger partial charge in [-0.15, -0.1) is 0 Å². The van der Waals surface area contributed by atoms with Gasteiger partial charge in [-0.3, -0.25) is 0 Å². The van der Waals surface area contributed by atoms with Crippen LogP contribution in [0.25, 0.3) is 98.4 Å². The number of hydrogen-bond acceptors (Lipinski definition) is 4. The first kappa shape index (κ1) is 49.4. The van der Waals surface area contributed by atoms with E-state index in [4.69, 9.17) is 8.83 Å². The molecule has 4 nitrogen and oxygen atoms in total. The minimum atomic E-state index is -0.636. The number of rotatable bonds is 6. The maximum Gasteiger partial charge on any atom is 0.159 e. The van der Waals surface area contributed by atoms with Gasteiger partial charge in [0.2, 0.25) is 0 Å². The summed E-state index contributed by atoms with van der Waals surface area (Å²) < 4.78 is 14.2. The summed E-state index contributed by atoms with van der Waals surface area (Å²) in [4.78, 5) is 4.76. The average molecular weight is 1090 g/mol. The fraction of sp³-hybridized carbons (Fsp3) is 0.111. The Kier molecular flexibility index (Phi) is 10.4. The third-order valence-electron chi connectivity index (χ3n) is 18.6. The molecule has 0 amide bonds. The summed E-state index contributed by atoms with van der Waals surface area (Å²) in [5.41, 5.74) is 21.7. The smallest absolute Gasteiger partial charge is 0.159 e. The lowest BCUT2D eigenvalue weighted by Crippen LogP contribution is -2.26. The Balaban J connectivity index is 0.896. The van der Waals surface area contributed by atoms with Gasteiger partial charge in [0.25, 0.3) is 0 Å². The van der Waals surface area contributed by atoms with Crippen LogP contribution in [0, 0.1) is 0 Å². The molecule has 17 rings (SSSR count). The zero-order valence-corrected chi connectivity index (χ0v) is 48.5. The minimum absolute atomic E-state index is 0.0985. The molecule has 0 bridgehead atoms. The van der Waals surface area contributed by atoms with Crippen molar-refractivity contribution in [2.75, 3.05) is 9.80 Å². The van der Waals surface area contributed by atoms with Crippen LogP contribution in [0.5, 0.6) is 0 Å². The van der Waals surface area contributed by atoms with Gasteiger partial charge in [0.15, 0.2) is 11.2 Å². The molecule has 0 unspecified atom stereocenters. The van der Waals surface area contributed by atoms with Crippen LogP contribution in [0.15, 0.2) is 264 Å². The molecule has 0 radical (unpaired) electrons. The molecule has 4 heteroatoms. The normalized spacial score (nSPS) is 13.4. The SMILES string of the molecule is CC(C)(C)c1cccc2c1oc1c(N(c3ccccc3)c3ccc4cc5c(cc4c3)C3(c4cc6cc(N(c7ccccc7)c7cccc8c7oc7c(C(C)(C)C)cccc78)ccc6cc4-5)c4ccccc4-c4c3ccc3ccccc43)cccc12. The van der Waals surface area contributed by atoms with Crippen molar-refractivity contribution in [3.8, 4) is 22.3 Å². The third-order valence-corrected chi connectivity index (χ3v) is 18.6. The first-order valence-electron chi connectivity index (χ1n) is 29.8. The zero-order valence-electron chi connectivity index (χ0n) is 48.5. The molecule has 1 spiro atoms. The Morgan fingerprint density at radius 1 is 0.282 bits per heavy atom. The van der Waals surface area contributed by atoms with E-state index in [0.717, 1.165) is 78.0 Å². The first-order valence-corrected chi connectivity index (χ1v) is 29.8. The summed E-state index contributed by atoms with van der Waals surface area (Å²) in [6.07, 6.45) is 0. The van der Waals surface area contributed by atoms with Crippen molar-refractivity contribution in [3.05, 3.63) is 288 Å². The molecule has 0 saturated carbocycles. The molecule has 0 fully saturated rings. The van der Waals surface area contributed by atoms with Crippen LogP contribution in [0.4, 0.5) is 34.1 Å². The van der Waals surface area contributed by atoms with Gasteiger partial charge in [-0.1, -0.05) is 211 Å². The molecule has 406 valence electrons. The highest BCUT2D eigenvalue weighted by atomic mass is 16.3. The number of para-hydroxylation sites is 6. The summed E-state index contributed by atoms with van der Waals surface area (Å²) in [7, 11) is 0. The topological polar surface area (TPSA) is 32.8 Å². The van der Waals surface area contributed by atoms with Crippen molar-refractivity contribution in [3.63, 3.8) is 0 Å². The molecule has 2 aliphatic rings. The maximum absolute atomic E-state index is 7.10. The average Bonchev–Trinajstić information content (AvgIpc) is 1.61. The predicted molar refractivity (Wildman–Crippen MR) is 357 cm³/mol. The number of furan rings is 2. The Bertz CT molecular complexity index is 5020. The minimum Gasteiger partial charge on any atom is -0.454 e. The van der Waals surface area contributed by atoms with Gasteiger partial charge >= 0.3 is 0 Å². The van der Waals surface area contributed by atoms with Gasteiger partial charge in [-0.25, -0.2) is 0 Å². The number of hydrogen-bond donors (Lipinski definition) is 0. The third kappa shape index (κ3) is 7.15. The van der Waals surface area contributed by atoms with E-state index in [9.17, 15) is 0 Å². The molecule has 0 atom stereocenters. The van der Waals surface area contributed by atoms with Crippen molar-refractivity contribution in [2.45, 2.75) is 57.8 Å². The highest BCUT2D eigenvalue weighted by Crippen LogP contribution is 2.65. The molecule has 2 aromatic heterocycles. The lowest BCUT2D eigenvalue weighted by atomic mass is 9.70. The maximum atomic E-state index is 7.10. The molecule has 2 heterocycles. The first-order chi connectivity index (χ1) is 41.4. The van der Waals surface area contributed by atoms with E-state index in [2.05, 4.69) is 306 Å². The van der Waals surface area contributed by atoms with Crippen LogP contribution < -0.4 is 9.80 Å². The number of nitrogens with zero attached hydrogens (tertiary/aromatic N) is 2. The Hall–Kier alpha value is -10.2. The summed E-state index contributed by atoms with van der Waals surface area (Å²) in [6.45, 7) is 13.6. The predicted octanol–water partition coefficient (Wildman–Crippen LogP) is 22.8. The molecule has 2 aliphatic carbocycles. The highest BCUT2D eigenvalue weighted by molar-refractivity contribution is 6.14. The van der Waals surface area contributed by atoms with Crippen LogP contribution >= 0.6 is 0 Å². The van der Waals surface area contributed by atoms with Crippen molar-refractivity contribution < 1.29 is 8.83 Å². The summed E-state index contributed by atoms with van der Waals surface area (Å²) in [5, 5.41) is 11.7. The lowest BCUT2D eigenvalue weighted by molar-refractivity contribution is 0.572. The Labute approximate surface area is 494 Å². The molecule has 13 aromatic carbocycles. The second-order valence-corrected chi connectivity index (χ2v) is 25.6. The van der Waals surface area contributed by atoms with E-state index in [1.165, 1.54) is 88.0 Å². The number of benzene rings is 13. The van der Waals surface area contributed by atoms with Crippen molar-refractivity contribution in [1.82, 2.24) is 0 Å². The van der Waals surface area contributed by atoms with E-state index < -0.39 is 5.41 Å². The lowest BCUT2D eigenvalue weighted by Gasteiger charge is -2.31. The monoisotopic (exact) mass is 1090 g/mol. The van der Waals surface area contributed by atoms with Gasteiger partial charge in [0.05, 0.1) is 16.8 Å².